The number of nitrogens with zero attached hydrogens (tertiary/aromatic N) is 3. The fraction of sp³-hybridized carbons (Fsp3) is 0.160. The monoisotopic (exact) mass is 509 g/mol. The molecule has 0 atom stereocenters. The van der Waals surface area contributed by atoms with E-state index in [1.807, 2.05) is 74.5 Å². The van der Waals surface area contributed by atoms with Gasteiger partial charge in [0.1, 0.15) is 18.2 Å². The maximum Gasteiger partial charge on any atom is 0.282 e. The van der Waals surface area contributed by atoms with Crippen LogP contribution in [0.1, 0.15) is 36.7 Å². The first kappa shape index (κ1) is 22.2. The van der Waals surface area contributed by atoms with Gasteiger partial charge in [0, 0.05) is 21.0 Å². The van der Waals surface area contributed by atoms with Crippen LogP contribution in [0.4, 0.5) is 0 Å². The van der Waals surface area contributed by atoms with Crippen molar-refractivity contribution in [3.8, 4) is 5.75 Å². The predicted octanol–water partition coefficient (Wildman–Crippen LogP) is 6.40. The molecule has 0 aliphatic rings. The normalized spacial score (nSPS) is 11.5. The summed E-state index contributed by atoms with van der Waals surface area (Å²) in [6.07, 6.45) is 1.63. The number of para-hydroxylation sites is 1. The Morgan fingerprint density at radius 2 is 1.88 bits per heavy atom. The van der Waals surface area contributed by atoms with E-state index in [2.05, 4.69) is 26.0 Å². The molecule has 0 fully saturated rings. The summed E-state index contributed by atoms with van der Waals surface area (Å²) in [5.74, 6) is 1.28. The molecule has 0 unspecified atom stereocenters. The lowest BCUT2D eigenvalue weighted by atomic mass is 10.2. The Morgan fingerprint density at radius 1 is 1.12 bits per heavy atom. The van der Waals surface area contributed by atoms with Crippen molar-refractivity contribution in [2.24, 2.45) is 5.10 Å². The molecule has 32 heavy (non-hydrogen) atoms. The van der Waals surface area contributed by atoms with Crippen molar-refractivity contribution >= 4 is 44.6 Å². The summed E-state index contributed by atoms with van der Waals surface area (Å²) < 4.78 is 8.19. The van der Waals surface area contributed by atoms with Crippen molar-refractivity contribution in [2.45, 2.75) is 26.4 Å². The summed E-state index contributed by atoms with van der Waals surface area (Å²) in [4.78, 5) is 17.9. The average Bonchev–Trinajstić information content (AvgIpc) is 2.79. The van der Waals surface area contributed by atoms with E-state index in [9.17, 15) is 4.79 Å². The van der Waals surface area contributed by atoms with E-state index in [1.54, 1.807) is 12.3 Å². The number of aromatic nitrogens is 2. The lowest BCUT2D eigenvalue weighted by molar-refractivity contribution is 0.306. The molecule has 0 aliphatic carbocycles. The lowest BCUT2D eigenvalue weighted by Crippen LogP contribution is -2.23. The van der Waals surface area contributed by atoms with Gasteiger partial charge in [-0.1, -0.05) is 65.6 Å². The van der Waals surface area contributed by atoms with Crippen LogP contribution in [-0.4, -0.2) is 15.9 Å². The van der Waals surface area contributed by atoms with Crippen LogP contribution in [0.15, 0.2) is 81.1 Å². The van der Waals surface area contributed by atoms with Crippen LogP contribution in [0.5, 0.6) is 5.75 Å². The molecular weight excluding hydrogens is 490 g/mol. The van der Waals surface area contributed by atoms with Crippen molar-refractivity contribution in [1.82, 2.24) is 9.66 Å². The smallest absolute Gasteiger partial charge is 0.282 e. The highest BCUT2D eigenvalue weighted by atomic mass is 79.9. The standard InChI is InChI=1S/C25H21BrClN3O2/c1-16(2)24-29-22-12-9-19(26)13-21(22)25(31)30(24)28-14-18-5-3-4-6-23(18)32-15-17-7-10-20(27)11-8-17/h3-14,16H,15H2,1-2H3. The molecule has 0 spiro atoms. The number of hydrogen-bond donors (Lipinski definition) is 0. The quantitative estimate of drug-likeness (QED) is 0.282. The molecule has 5 nitrogen and oxygen atoms in total. The maximum absolute atomic E-state index is 13.2. The number of ether oxygens (including phenoxy) is 1. The Balaban J connectivity index is 1.69. The van der Waals surface area contributed by atoms with Gasteiger partial charge in [-0.2, -0.15) is 9.78 Å². The van der Waals surface area contributed by atoms with E-state index in [0.717, 1.165) is 15.6 Å². The Kier molecular flexibility index (Phi) is 6.72. The molecule has 4 aromatic rings. The van der Waals surface area contributed by atoms with Gasteiger partial charge in [-0.3, -0.25) is 4.79 Å². The van der Waals surface area contributed by atoms with Gasteiger partial charge in [0.25, 0.3) is 5.56 Å². The van der Waals surface area contributed by atoms with Crippen LogP contribution in [0.2, 0.25) is 5.02 Å². The molecule has 0 bridgehead atoms. The van der Waals surface area contributed by atoms with E-state index in [-0.39, 0.29) is 11.5 Å². The minimum absolute atomic E-state index is 0.0179. The third-order valence-corrected chi connectivity index (χ3v) is 5.63. The topological polar surface area (TPSA) is 56.5 Å². The van der Waals surface area contributed by atoms with Gasteiger partial charge in [0.2, 0.25) is 0 Å². The van der Waals surface area contributed by atoms with Crippen LogP contribution in [0.3, 0.4) is 0 Å². The highest BCUT2D eigenvalue weighted by molar-refractivity contribution is 9.10. The molecule has 1 aromatic heterocycles. The zero-order chi connectivity index (χ0) is 22.7. The number of rotatable bonds is 6. The molecule has 162 valence electrons. The summed E-state index contributed by atoms with van der Waals surface area (Å²) in [6, 6.07) is 20.6. The summed E-state index contributed by atoms with van der Waals surface area (Å²) in [6.45, 7) is 4.37. The Morgan fingerprint density at radius 3 is 2.62 bits per heavy atom. The molecule has 0 saturated carbocycles. The van der Waals surface area contributed by atoms with E-state index in [0.29, 0.717) is 34.1 Å². The molecular formula is C25H21BrClN3O2. The second kappa shape index (κ2) is 9.67. The van der Waals surface area contributed by atoms with Crippen molar-refractivity contribution in [3.63, 3.8) is 0 Å². The summed E-state index contributed by atoms with van der Waals surface area (Å²) >= 11 is 9.38. The van der Waals surface area contributed by atoms with Gasteiger partial charge in [-0.25, -0.2) is 4.98 Å². The zero-order valence-electron chi connectivity index (χ0n) is 17.6. The van der Waals surface area contributed by atoms with Gasteiger partial charge in [0.05, 0.1) is 17.1 Å². The first-order valence-corrected chi connectivity index (χ1v) is 11.3. The minimum atomic E-state index is -0.212. The number of benzene rings is 3. The van der Waals surface area contributed by atoms with Crippen molar-refractivity contribution in [3.05, 3.63) is 104 Å². The average molecular weight is 511 g/mol. The SMILES string of the molecule is CC(C)c1nc2ccc(Br)cc2c(=O)n1N=Cc1ccccc1OCc1ccc(Cl)cc1. The predicted molar refractivity (Wildman–Crippen MR) is 133 cm³/mol. The molecule has 0 amide bonds. The largest absolute Gasteiger partial charge is 0.488 e. The second-order valence-electron chi connectivity index (χ2n) is 7.60. The first-order chi connectivity index (χ1) is 15.4. The molecule has 0 aliphatic heterocycles. The molecule has 3 aromatic carbocycles. The van der Waals surface area contributed by atoms with E-state index in [1.165, 1.54) is 4.68 Å². The second-order valence-corrected chi connectivity index (χ2v) is 8.95. The van der Waals surface area contributed by atoms with E-state index >= 15 is 0 Å². The van der Waals surface area contributed by atoms with Crippen molar-refractivity contribution < 1.29 is 4.74 Å². The maximum atomic E-state index is 13.2. The Bertz CT molecular complexity index is 1350. The summed E-state index contributed by atoms with van der Waals surface area (Å²) in [5.41, 5.74) is 2.21. The van der Waals surface area contributed by atoms with Gasteiger partial charge < -0.3 is 4.74 Å². The molecule has 0 N–H and O–H groups in total. The summed E-state index contributed by atoms with van der Waals surface area (Å²) in [7, 11) is 0. The summed E-state index contributed by atoms with van der Waals surface area (Å²) in [5, 5.41) is 5.70. The lowest BCUT2D eigenvalue weighted by Gasteiger charge is -2.12. The van der Waals surface area contributed by atoms with Crippen LogP contribution < -0.4 is 10.3 Å². The Labute approximate surface area is 199 Å². The zero-order valence-corrected chi connectivity index (χ0v) is 20.0. The molecule has 4 rings (SSSR count). The molecule has 7 heteroatoms. The van der Waals surface area contributed by atoms with Gasteiger partial charge in [-0.05, 0) is 48.0 Å². The van der Waals surface area contributed by atoms with Crippen molar-refractivity contribution in [1.29, 1.82) is 0 Å². The van der Waals surface area contributed by atoms with Crippen LogP contribution in [0.25, 0.3) is 10.9 Å². The molecule has 0 radical (unpaired) electrons. The van der Waals surface area contributed by atoms with Crippen LogP contribution >= 0.6 is 27.5 Å². The van der Waals surface area contributed by atoms with Gasteiger partial charge in [0.15, 0.2) is 0 Å². The fourth-order valence-electron chi connectivity index (χ4n) is 3.23. The van der Waals surface area contributed by atoms with Crippen LogP contribution in [-0.2, 0) is 6.61 Å². The number of fused-ring (bicyclic) bond motifs is 1. The van der Waals surface area contributed by atoms with E-state index < -0.39 is 0 Å². The minimum Gasteiger partial charge on any atom is -0.488 e. The Hall–Kier alpha value is -2.96. The van der Waals surface area contributed by atoms with E-state index in [4.69, 9.17) is 16.3 Å². The molecule has 1 heterocycles. The first-order valence-electron chi connectivity index (χ1n) is 10.1. The highest BCUT2D eigenvalue weighted by Gasteiger charge is 2.14. The van der Waals surface area contributed by atoms with Gasteiger partial charge in [-0.15, -0.1) is 0 Å². The van der Waals surface area contributed by atoms with Gasteiger partial charge >= 0.3 is 0 Å². The number of hydrogen-bond acceptors (Lipinski definition) is 4. The number of halogens is 2. The highest BCUT2D eigenvalue weighted by Crippen LogP contribution is 2.21. The van der Waals surface area contributed by atoms with Crippen molar-refractivity contribution in [2.75, 3.05) is 0 Å². The molecule has 0 saturated heterocycles. The third kappa shape index (κ3) is 4.92. The van der Waals surface area contributed by atoms with Crippen LogP contribution in [0, 0.1) is 0 Å². The third-order valence-electron chi connectivity index (χ3n) is 4.89. The fourth-order valence-corrected chi connectivity index (χ4v) is 3.72.